The third kappa shape index (κ3) is 1.25. The summed E-state index contributed by atoms with van der Waals surface area (Å²) in [7, 11) is 0. The maximum atomic E-state index is 9.93. The molecule has 0 saturated heterocycles. The molecule has 2 aromatic heterocycles. The highest BCUT2D eigenvalue weighted by atomic mass is 16.3. The average molecular weight is 190 g/mol. The maximum absolute atomic E-state index is 9.93. The zero-order valence-corrected chi connectivity index (χ0v) is 8.65. The number of pyridine rings is 1. The highest BCUT2D eigenvalue weighted by Crippen LogP contribution is 2.30. The highest BCUT2D eigenvalue weighted by molar-refractivity contribution is 5.47. The predicted octanol–water partition coefficient (Wildman–Crippen LogP) is 2.34. The first kappa shape index (κ1) is 9.06. The van der Waals surface area contributed by atoms with Gasteiger partial charge in [-0.1, -0.05) is 26.8 Å². The molecule has 1 N–H and O–H groups in total. The molecule has 0 aliphatic heterocycles. The fraction of sp³-hybridized carbons (Fsp3) is 0.364. The van der Waals surface area contributed by atoms with E-state index in [1.54, 1.807) is 4.40 Å². The van der Waals surface area contributed by atoms with E-state index in [0.29, 0.717) is 0 Å². The second kappa shape index (κ2) is 2.74. The van der Waals surface area contributed by atoms with Gasteiger partial charge in [-0.3, -0.25) is 4.40 Å². The molecule has 3 nitrogen and oxygen atoms in total. The monoisotopic (exact) mass is 190 g/mol. The Morgan fingerprint density at radius 1 is 1.29 bits per heavy atom. The Morgan fingerprint density at radius 2 is 2.00 bits per heavy atom. The van der Waals surface area contributed by atoms with Gasteiger partial charge in [-0.2, -0.15) is 0 Å². The van der Waals surface area contributed by atoms with Crippen LogP contribution in [0.2, 0.25) is 0 Å². The lowest BCUT2D eigenvalue weighted by Gasteiger charge is -2.14. The van der Waals surface area contributed by atoms with Crippen molar-refractivity contribution in [3.05, 3.63) is 30.1 Å². The molecule has 0 atom stereocenters. The number of rotatable bonds is 0. The smallest absolute Gasteiger partial charge is 0.219 e. The minimum atomic E-state index is -0.129. The maximum Gasteiger partial charge on any atom is 0.219 e. The molecule has 0 aliphatic rings. The van der Waals surface area contributed by atoms with E-state index < -0.39 is 0 Å². The van der Waals surface area contributed by atoms with Crippen molar-refractivity contribution in [2.75, 3.05) is 0 Å². The summed E-state index contributed by atoms with van der Waals surface area (Å²) in [6, 6.07) is 5.67. The molecule has 74 valence electrons. The summed E-state index contributed by atoms with van der Waals surface area (Å²) in [4.78, 5) is 4.40. The van der Waals surface area contributed by atoms with Crippen molar-refractivity contribution < 1.29 is 5.11 Å². The quantitative estimate of drug-likeness (QED) is 0.692. The molecule has 3 heteroatoms. The summed E-state index contributed by atoms with van der Waals surface area (Å²) in [6.45, 7) is 6.11. The number of hydrogen-bond donors (Lipinski definition) is 1. The van der Waals surface area contributed by atoms with E-state index in [4.69, 9.17) is 0 Å². The van der Waals surface area contributed by atoms with Crippen LogP contribution in [0.1, 0.15) is 26.5 Å². The largest absolute Gasteiger partial charge is 0.493 e. The van der Waals surface area contributed by atoms with Crippen LogP contribution in [0, 0.1) is 0 Å². The zero-order chi connectivity index (χ0) is 10.3. The van der Waals surface area contributed by atoms with E-state index in [9.17, 15) is 5.11 Å². The van der Waals surface area contributed by atoms with Crippen molar-refractivity contribution in [2.45, 2.75) is 26.2 Å². The first-order valence-corrected chi connectivity index (χ1v) is 4.66. The normalized spacial score (nSPS) is 12.2. The molecule has 0 bridgehead atoms. The van der Waals surface area contributed by atoms with Crippen LogP contribution >= 0.6 is 0 Å². The van der Waals surface area contributed by atoms with Gasteiger partial charge in [0.1, 0.15) is 11.3 Å². The molecule has 0 unspecified atom stereocenters. The standard InChI is InChI=1S/C11H14N2O/c1-11(2,3)9-10(14)13-7-5-4-6-8(13)12-9/h4-7,14H,1-3H3. The fourth-order valence-electron chi connectivity index (χ4n) is 1.49. The second-order valence-corrected chi connectivity index (χ2v) is 4.46. The Kier molecular flexibility index (Phi) is 1.77. The number of aromatic hydroxyl groups is 1. The number of imidazole rings is 1. The first-order valence-electron chi connectivity index (χ1n) is 4.66. The molecular formula is C11H14N2O. The predicted molar refractivity (Wildman–Crippen MR) is 55.6 cm³/mol. The van der Waals surface area contributed by atoms with E-state index in [-0.39, 0.29) is 11.3 Å². The van der Waals surface area contributed by atoms with Crippen LogP contribution in [0.25, 0.3) is 5.65 Å². The topological polar surface area (TPSA) is 37.5 Å². The third-order valence-corrected chi connectivity index (χ3v) is 2.22. The zero-order valence-electron chi connectivity index (χ0n) is 8.65. The summed E-state index contributed by atoms with van der Waals surface area (Å²) in [6.07, 6.45) is 1.81. The lowest BCUT2D eigenvalue weighted by Crippen LogP contribution is -2.11. The second-order valence-electron chi connectivity index (χ2n) is 4.46. The molecule has 14 heavy (non-hydrogen) atoms. The third-order valence-electron chi connectivity index (χ3n) is 2.22. The molecule has 2 rings (SSSR count). The molecule has 2 aromatic rings. The van der Waals surface area contributed by atoms with Gasteiger partial charge >= 0.3 is 0 Å². The van der Waals surface area contributed by atoms with Crippen LogP contribution in [0.15, 0.2) is 24.4 Å². The van der Waals surface area contributed by atoms with Crippen molar-refractivity contribution in [1.29, 1.82) is 0 Å². The van der Waals surface area contributed by atoms with Crippen LogP contribution < -0.4 is 0 Å². The Bertz CT molecular complexity index is 466. The highest BCUT2D eigenvalue weighted by Gasteiger charge is 2.23. The van der Waals surface area contributed by atoms with Gasteiger partial charge < -0.3 is 5.11 Å². The molecule has 0 fully saturated rings. The molecule has 2 heterocycles. The number of hydrogen-bond acceptors (Lipinski definition) is 2. The molecular weight excluding hydrogens is 176 g/mol. The number of fused-ring (bicyclic) bond motifs is 1. The van der Waals surface area contributed by atoms with Crippen molar-refractivity contribution in [3.63, 3.8) is 0 Å². The SMILES string of the molecule is CC(C)(C)c1nc2ccccn2c1O. The van der Waals surface area contributed by atoms with Gasteiger partial charge in [0.15, 0.2) is 0 Å². The van der Waals surface area contributed by atoms with E-state index in [1.165, 1.54) is 0 Å². The van der Waals surface area contributed by atoms with Gasteiger partial charge in [0.25, 0.3) is 0 Å². The van der Waals surface area contributed by atoms with Gasteiger partial charge in [-0.05, 0) is 12.1 Å². The van der Waals surface area contributed by atoms with Gasteiger partial charge in [0.2, 0.25) is 5.88 Å². The molecule has 0 amide bonds. The van der Waals surface area contributed by atoms with Gasteiger partial charge in [0, 0.05) is 11.6 Å². The molecule has 0 saturated carbocycles. The van der Waals surface area contributed by atoms with Gasteiger partial charge in [-0.25, -0.2) is 4.98 Å². The summed E-state index contributed by atoms with van der Waals surface area (Å²) in [5.41, 5.74) is 1.40. The number of aromatic nitrogens is 2. The van der Waals surface area contributed by atoms with Crippen molar-refractivity contribution >= 4 is 5.65 Å². The molecule has 0 aliphatic carbocycles. The van der Waals surface area contributed by atoms with E-state index in [1.807, 2.05) is 45.2 Å². The van der Waals surface area contributed by atoms with E-state index in [0.717, 1.165) is 11.3 Å². The summed E-state index contributed by atoms with van der Waals surface area (Å²) < 4.78 is 1.70. The van der Waals surface area contributed by atoms with Crippen LogP contribution in [0.3, 0.4) is 0 Å². The summed E-state index contributed by atoms with van der Waals surface area (Å²) >= 11 is 0. The Hall–Kier alpha value is -1.51. The fourth-order valence-corrected chi connectivity index (χ4v) is 1.49. The van der Waals surface area contributed by atoms with E-state index in [2.05, 4.69) is 4.98 Å². The molecule has 0 spiro atoms. The minimum Gasteiger partial charge on any atom is -0.493 e. The first-order chi connectivity index (χ1) is 6.50. The lowest BCUT2D eigenvalue weighted by atomic mass is 9.92. The van der Waals surface area contributed by atoms with Gasteiger partial charge in [0.05, 0.1) is 0 Å². The van der Waals surface area contributed by atoms with Crippen LogP contribution in [0.4, 0.5) is 0 Å². The number of nitrogens with zero attached hydrogens (tertiary/aromatic N) is 2. The molecule has 0 aromatic carbocycles. The lowest BCUT2D eigenvalue weighted by molar-refractivity contribution is 0.421. The van der Waals surface area contributed by atoms with Crippen LogP contribution in [0.5, 0.6) is 5.88 Å². The van der Waals surface area contributed by atoms with Gasteiger partial charge in [-0.15, -0.1) is 0 Å². The summed E-state index contributed by atoms with van der Waals surface area (Å²) in [5.74, 6) is 0.244. The van der Waals surface area contributed by atoms with Crippen molar-refractivity contribution in [1.82, 2.24) is 9.38 Å². The Balaban J connectivity index is 2.75. The van der Waals surface area contributed by atoms with E-state index >= 15 is 0 Å². The Morgan fingerprint density at radius 3 is 2.57 bits per heavy atom. The molecule has 0 radical (unpaired) electrons. The summed E-state index contributed by atoms with van der Waals surface area (Å²) in [5, 5.41) is 9.93. The average Bonchev–Trinajstić information content (AvgIpc) is 2.44. The van der Waals surface area contributed by atoms with Crippen LogP contribution in [-0.4, -0.2) is 14.5 Å². The van der Waals surface area contributed by atoms with Crippen LogP contribution in [-0.2, 0) is 5.41 Å². The Labute approximate surface area is 83.0 Å². The van der Waals surface area contributed by atoms with Crippen molar-refractivity contribution in [3.8, 4) is 5.88 Å². The van der Waals surface area contributed by atoms with Crippen molar-refractivity contribution in [2.24, 2.45) is 0 Å². The minimum absolute atomic E-state index is 0.129.